The highest BCUT2D eigenvalue weighted by Crippen LogP contribution is 2.34. The van der Waals surface area contributed by atoms with Gasteiger partial charge in [-0.1, -0.05) is 36.4 Å². The molecular formula is C19H16N2O3S. The van der Waals surface area contributed by atoms with Crippen molar-refractivity contribution >= 4 is 29.3 Å². The standard InChI is InChI=1S/C19H16N2O3S/c1-20-15(9-14-7-8-16-17(10-14)24-12-23-16)18(22)21(19(20)25)11-13-5-3-2-4-6-13/h2-10H,11-12H2,1H3/b15-9+. The van der Waals surface area contributed by atoms with Crippen LogP contribution < -0.4 is 9.47 Å². The Hall–Kier alpha value is -2.86. The number of hydrogen-bond acceptors (Lipinski definition) is 4. The maximum Gasteiger partial charge on any atom is 0.277 e. The predicted octanol–water partition coefficient (Wildman–Crippen LogP) is 3.02. The molecule has 2 aromatic carbocycles. The summed E-state index contributed by atoms with van der Waals surface area (Å²) in [6.45, 7) is 0.685. The molecule has 0 spiro atoms. The first-order valence-electron chi connectivity index (χ1n) is 7.88. The quantitative estimate of drug-likeness (QED) is 0.627. The molecular weight excluding hydrogens is 336 g/mol. The van der Waals surface area contributed by atoms with Crippen molar-refractivity contribution in [3.63, 3.8) is 0 Å². The van der Waals surface area contributed by atoms with Crippen LogP contribution in [0, 0.1) is 0 Å². The zero-order chi connectivity index (χ0) is 17.4. The van der Waals surface area contributed by atoms with E-state index < -0.39 is 0 Å². The number of rotatable bonds is 3. The molecule has 0 N–H and O–H groups in total. The van der Waals surface area contributed by atoms with Crippen LogP contribution in [0.5, 0.6) is 11.5 Å². The maximum atomic E-state index is 12.8. The molecule has 0 unspecified atom stereocenters. The first-order valence-corrected chi connectivity index (χ1v) is 8.29. The lowest BCUT2D eigenvalue weighted by Gasteiger charge is -2.16. The SMILES string of the molecule is CN1C(=S)N(Cc2ccccc2)C(=O)/C1=C\c1ccc2c(c1)OCO2. The Kier molecular flexibility index (Phi) is 3.89. The van der Waals surface area contributed by atoms with E-state index in [2.05, 4.69) is 0 Å². The van der Waals surface area contributed by atoms with Gasteiger partial charge >= 0.3 is 0 Å². The Bertz CT molecular complexity index is 879. The Morgan fingerprint density at radius 3 is 2.68 bits per heavy atom. The summed E-state index contributed by atoms with van der Waals surface area (Å²) in [5.41, 5.74) is 2.44. The number of thiocarbonyl (C=S) groups is 1. The lowest BCUT2D eigenvalue weighted by atomic mass is 10.1. The van der Waals surface area contributed by atoms with Gasteiger partial charge in [0.2, 0.25) is 6.79 Å². The van der Waals surface area contributed by atoms with Gasteiger partial charge in [-0.25, -0.2) is 0 Å². The fourth-order valence-corrected chi connectivity index (χ4v) is 3.12. The summed E-state index contributed by atoms with van der Waals surface area (Å²) in [6.07, 6.45) is 1.82. The number of ether oxygens (including phenoxy) is 2. The third kappa shape index (κ3) is 2.85. The van der Waals surface area contributed by atoms with Gasteiger partial charge in [0, 0.05) is 7.05 Å². The van der Waals surface area contributed by atoms with Crippen LogP contribution in [0.3, 0.4) is 0 Å². The van der Waals surface area contributed by atoms with E-state index in [1.165, 1.54) is 0 Å². The van der Waals surface area contributed by atoms with Gasteiger partial charge in [-0.15, -0.1) is 0 Å². The molecule has 0 radical (unpaired) electrons. The van der Waals surface area contributed by atoms with Gasteiger partial charge in [-0.3, -0.25) is 9.69 Å². The van der Waals surface area contributed by atoms with E-state index in [0.29, 0.717) is 23.1 Å². The minimum absolute atomic E-state index is 0.103. The maximum absolute atomic E-state index is 12.8. The highest BCUT2D eigenvalue weighted by Gasteiger charge is 2.35. The number of amides is 1. The normalized spacial score (nSPS) is 17.7. The molecule has 2 heterocycles. The van der Waals surface area contributed by atoms with Gasteiger partial charge in [-0.2, -0.15) is 0 Å². The van der Waals surface area contributed by atoms with E-state index in [-0.39, 0.29) is 12.7 Å². The van der Waals surface area contributed by atoms with Gasteiger partial charge in [0.25, 0.3) is 5.91 Å². The highest BCUT2D eigenvalue weighted by atomic mass is 32.1. The summed E-state index contributed by atoms with van der Waals surface area (Å²) in [5.74, 6) is 1.30. The topological polar surface area (TPSA) is 42.0 Å². The first kappa shape index (κ1) is 15.7. The molecule has 1 amide bonds. The number of likely N-dealkylation sites (N-methyl/N-ethyl adjacent to an activating group) is 1. The number of carbonyl (C=O) groups excluding carboxylic acids is 1. The van der Waals surface area contributed by atoms with E-state index in [9.17, 15) is 4.79 Å². The van der Waals surface area contributed by atoms with Gasteiger partial charge in [-0.05, 0) is 41.6 Å². The average Bonchev–Trinajstić information content (AvgIpc) is 3.17. The predicted molar refractivity (Wildman–Crippen MR) is 97.9 cm³/mol. The van der Waals surface area contributed by atoms with E-state index >= 15 is 0 Å². The second kappa shape index (κ2) is 6.22. The summed E-state index contributed by atoms with van der Waals surface area (Å²) in [4.78, 5) is 16.2. The van der Waals surface area contributed by atoms with Crippen LogP contribution in [0.1, 0.15) is 11.1 Å². The number of fused-ring (bicyclic) bond motifs is 1. The zero-order valence-corrected chi connectivity index (χ0v) is 14.5. The van der Waals surface area contributed by atoms with Crippen LogP contribution >= 0.6 is 12.2 Å². The Labute approximate surface area is 151 Å². The zero-order valence-electron chi connectivity index (χ0n) is 13.6. The first-order chi connectivity index (χ1) is 12.1. The van der Waals surface area contributed by atoms with Crippen LogP contribution in [0.25, 0.3) is 6.08 Å². The minimum atomic E-state index is -0.103. The summed E-state index contributed by atoms with van der Waals surface area (Å²) >= 11 is 5.46. The van der Waals surface area contributed by atoms with Crippen molar-refractivity contribution in [3.8, 4) is 11.5 Å². The van der Waals surface area contributed by atoms with Crippen molar-refractivity contribution in [1.82, 2.24) is 9.80 Å². The van der Waals surface area contributed by atoms with E-state index in [0.717, 1.165) is 16.9 Å². The fourth-order valence-electron chi connectivity index (χ4n) is 2.88. The smallest absolute Gasteiger partial charge is 0.277 e. The lowest BCUT2D eigenvalue weighted by molar-refractivity contribution is -0.122. The van der Waals surface area contributed by atoms with Crippen molar-refractivity contribution in [1.29, 1.82) is 0 Å². The van der Waals surface area contributed by atoms with E-state index in [1.54, 1.807) is 9.80 Å². The second-order valence-electron chi connectivity index (χ2n) is 5.86. The van der Waals surface area contributed by atoms with E-state index in [1.807, 2.05) is 61.7 Å². The van der Waals surface area contributed by atoms with Crippen LogP contribution in [0.2, 0.25) is 0 Å². The molecule has 2 aliphatic heterocycles. The molecule has 2 aliphatic rings. The van der Waals surface area contributed by atoms with Crippen LogP contribution in [-0.2, 0) is 11.3 Å². The second-order valence-corrected chi connectivity index (χ2v) is 6.23. The van der Waals surface area contributed by atoms with Crippen LogP contribution in [-0.4, -0.2) is 34.7 Å². The Balaban J connectivity index is 1.62. The average molecular weight is 352 g/mol. The van der Waals surface area contributed by atoms with E-state index in [4.69, 9.17) is 21.7 Å². The molecule has 25 heavy (non-hydrogen) atoms. The molecule has 5 nitrogen and oxygen atoms in total. The van der Waals surface area contributed by atoms with Crippen LogP contribution in [0.4, 0.5) is 0 Å². The Morgan fingerprint density at radius 1 is 1.12 bits per heavy atom. The van der Waals surface area contributed by atoms with Gasteiger partial charge in [0.15, 0.2) is 16.6 Å². The molecule has 126 valence electrons. The summed E-state index contributed by atoms with van der Waals surface area (Å²) in [5, 5.41) is 0.501. The molecule has 1 fully saturated rings. The molecule has 1 saturated heterocycles. The molecule has 0 atom stereocenters. The molecule has 6 heteroatoms. The van der Waals surface area contributed by atoms with Crippen molar-refractivity contribution in [2.75, 3.05) is 13.8 Å². The third-order valence-corrected chi connectivity index (χ3v) is 4.72. The number of carbonyl (C=O) groups is 1. The third-order valence-electron chi connectivity index (χ3n) is 4.23. The molecule has 4 rings (SSSR count). The number of benzene rings is 2. The summed E-state index contributed by atoms with van der Waals surface area (Å²) in [6, 6.07) is 15.4. The minimum Gasteiger partial charge on any atom is -0.454 e. The van der Waals surface area contributed by atoms with Crippen molar-refractivity contribution in [2.24, 2.45) is 0 Å². The lowest BCUT2D eigenvalue weighted by Crippen LogP contribution is -2.30. The fraction of sp³-hybridized carbons (Fsp3) is 0.158. The Morgan fingerprint density at radius 2 is 1.88 bits per heavy atom. The van der Waals surface area contributed by atoms with Crippen LogP contribution in [0.15, 0.2) is 54.2 Å². The van der Waals surface area contributed by atoms with Crippen molar-refractivity contribution < 1.29 is 14.3 Å². The van der Waals surface area contributed by atoms with Gasteiger partial charge in [0.05, 0.1) is 6.54 Å². The van der Waals surface area contributed by atoms with Crippen molar-refractivity contribution in [3.05, 3.63) is 65.4 Å². The molecule has 0 bridgehead atoms. The number of hydrogen-bond donors (Lipinski definition) is 0. The molecule has 2 aromatic rings. The molecule has 0 aliphatic carbocycles. The molecule has 0 aromatic heterocycles. The van der Waals surface area contributed by atoms with Gasteiger partial charge in [0.1, 0.15) is 5.70 Å². The number of nitrogens with zero attached hydrogens (tertiary/aromatic N) is 2. The van der Waals surface area contributed by atoms with Crippen molar-refractivity contribution in [2.45, 2.75) is 6.54 Å². The molecule has 0 saturated carbocycles. The largest absolute Gasteiger partial charge is 0.454 e. The monoisotopic (exact) mass is 352 g/mol. The van der Waals surface area contributed by atoms with Gasteiger partial charge < -0.3 is 14.4 Å². The summed E-state index contributed by atoms with van der Waals surface area (Å²) in [7, 11) is 1.81. The summed E-state index contributed by atoms with van der Waals surface area (Å²) < 4.78 is 10.7. The highest BCUT2D eigenvalue weighted by molar-refractivity contribution is 7.80.